The Bertz CT molecular complexity index is 240. The van der Waals surface area contributed by atoms with Crippen LogP contribution in [0.1, 0.15) is 64.2 Å². The van der Waals surface area contributed by atoms with Crippen molar-refractivity contribution < 1.29 is 14.6 Å². The zero-order valence-electron chi connectivity index (χ0n) is 11.8. The second-order valence-electron chi connectivity index (χ2n) is 5.45. The molecule has 0 aliphatic carbocycles. The normalized spacial score (nSPS) is 21.2. The Morgan fingerprint density at radius 3 is 2.42 bits per heavy atom. The van der Waals surface area contributed by atoms with E-state index in [0.717, 1.165) is 50.5 Å². The molecule has 112 valence electrons. The van der Waals surface area contributed by atoms with Crippen LogP contribution in [0.5, 0.6) is 0 Å². The molecule has 0 saturated carbocycles. The van der Waals surface area contributed by atoms with Crippen molar-refractivity contribution in [2.24, 2.45) is 5.92 Å². The van der Waals surface area contributed by atoms with Gasteiger partial charge < -0.3 is 9.84 Å². The highest BCUT2D eigenvalue weighted by Crippen LogP contribution is 2.25. The molecule has 1 rings (SSSR count). The maximum absolute atomic E-state index is 11.3. The largest absolute Gasteiger partial charge is 0.481 e. The molecular weight excluding hydrogens is 308 g/mol. The van der Waals surface area contributed by atoms with Crippen LogP contribution >= 0.6 is 15.9 Å². The third-order valence-electron chi connectivity index (χ3n) is 3.88. The van der Waals surface area contributed by atoms with Gasteiger partial charge in [0.1, 0.15) is 0 Å². The van der Waals surface area contributed by atoms with Crippen molar-refractivity contribution in [1.82, 2.24) is 0 Å². The van der Waals surface area contributed by atoms with Crippen LogP contribution in [-0.4, -0.2) is 29.1 Å². The predicted octanol–water partition coefficient (Wildman–Crippen LogP) is 4.38. The highest BCUT2D eigenvalue weighted by Gasteiger charge is 2.29. The molecule has 3 nitrogen and oxygen atoms in total. The summed E-state index contributed by atoms with van der Waals surface area (Å²) >= 11 is 3.43. The molecule has 0 spiro atoms. The maximum atomic E-state index is 11.3. The highest BCUT2D eigenvalue weighted by atomic mass is 79.9. The minimum absolute atomic E-state index is 0.0420. The molecule has 2 unspecified atom stereocenters. The lowest BCUT2D eigenvalue weighted by atomic mass is 9.90. The van der Waals surface area contributed by atoms with Gasteiger partial charge in [0.2, 0.25) is 0 Å². The van der Waals surface area contributed by atoms with E-state index in [-0.39, 0.29) is 12.0 Å². The molecule has 2 atom stereocenters. The number of unbranched alkanes of at least 4 members (excludes halogenated alkanes) is 5. The minimum atomic E-state index is -0.675. The van der Waals surface area contributed by atoms with Gasteiger partial charge in [0.25, 0.3) is 0 Å². The summed E-state index contributed by atoms with van der Waals surface area (Å²) in [5.41, 5.74) is 0. The smallest absolute Gasteiger partial charge is 0.309 e. The fourth-order valence-corrected chi connectivity index (χ4v) is 3.11. The highest BCUT2D eigenvalue weighted by molar-refractivity contribution is 9.09. The molecule has 1 fully saturated rings. The molecule has 1 heterocycles. The maximum Gasteiger partial charge on any atom is 0.309 e. The van der Waals surface area contributed by atoms with E-state index in [1.807, 2.05) is 0 Å². The van der Waals surface area contributed by atoms with Crippen LogP contribution in [0.3, 0.4) is 0 Å². The van der Waals surface area contributed by atoms with Gasteiger partial charge in [-0.1, -0.05) is 48.0 Å². The van der Waals surface area contributed by atoms with Gasteiger partial charge in [0.15, 0.2) is 0 Å². The van der Waals surface area contributed by atoms with E-state index in [0.29, 0.717) is 0 Å². The first-order valence-electron chi connectivity index (χ1n) is 7.66. The van der Waals surface area contributed by atoms with Crippen LogP contribution in [0.2, 0.25) is 0 Å². The number of rotatable bonds is 10. The van der Waals surface area contributed by atoms with Crippen LogP contribution < -0.4 is 0 Å². The Kier molecular flexibility index (Phi) is 9.52. The monoisotopic (exact) mass is 334 g/mol. The van der Waals surface area contributed by atoms with Gasteiger partial charge in [0, 0.05) is 11.9 Å². The molecule has 0 amide bonds. The molecule has 0 aromatic heterocycles. The fourth-order valence-electron chi connectivity index (χ4n) is 2.72. The number of ether oxygens (including phenoxy) is 1. The van der Waals surface area contributed by atoms with Crippen LogP contribution in [0.15, 0.2) is 0 Å². The van der Waals surface area contributed by atoms with Crippen molar-refractivity contribution in [2.45, 2.75) is 70.3 Å². The summed E-state index contributed by atoms with van der Waals surface area (Å²) in [6, 6.07) is 0. The van der Waals surface area contributed by atoms with Gasteiger partial charge in [-0.15, -0.1) is 0 Å². The second-order valence-corrected chi connectivity index (χ2v) is 6.24. The third-order valence-corrected chi connectivity index (χ3v) is 4.44. The Labute approximate surface area is 125 Å². The average molecular weight is 335 g/mol. The first kappa shape index (κ1) is 17.0. The average Bonchev–Trinajstić information content (AvgIpc) is 2.42. The molecule has 19 heavy (non-hydrogen) atoms. The molecule has 0 aromatic carbocycles. The molecule has 1 aliphatic rings. The standard InChI is InChI=1S/C15H27BrO3/c16-11-7-4-2-1-3-5-9-13(15(17)18)14-10-6-8-12-19-14/h13-14H,1-12H2,(H,17,18). The first-order chi connectivity index (χ1) is 9.25. The van der Waals surface area contributed by atoms with Crippen molar-refractivity contribution in [3.8, 4) is 0 Å². The zero-order valence-corrected chi connectivity index (χ0v) is 13.4. The van der Waals surface area contributed by atoms with E-state index in [9.17, 15) is 9.90 Å². The van der Waals surface area contributed by atoms with Crippen LogP contribution in [0, 0.1) is 5.92 Å². The fraction of sp³-hybridized carbons (Fsp3) is 0.933. The molecule has 0 bridgehead atoms. The van der Waals surface area contributed by atoms with Crippen LogP contribution in [0.25, 0.3) is 0 Å². The van der Waals surface area contributed by atoms with Crippen molar-refractivity contribution in [3.05, 3.63) is 0 Å². The van der Waals surface area contributed by atoms with Crippen molar-refractivity contribution in [3.63, 3.8) is 0 Å². The Morgan fingerprint density at radius 1 is 1.16 bits per heavy atom. The predicted molar refractivity (Wildman–Crippen MR) is 80.8 cm³/mol. The van der Waals surface area contributed by atoms with Gasteiger partial charge in [0.05, 0.1) is 12.0 Å². The lowest BCUT2D eigenvalue weighted by molar-refractivity contribution is -0.149. The van der Waals surface area contributed by atoms with Gasteiger partial charge in [-0.2, -0.15) is 0 Å². The number of carbonyl (C=O) groups is 1. The van der Waals surface area contributed by atoms with E-state index < -0.39 is 5.97 Å². The number of hydrogen-bond acceptors (Lipinski definition) is 2. The molecule has 1 N–H and O–H groups in total. The Hall–Kier alpha value is -0.0900. The molecule has 0 aromatic rings. The Balaban J connectivity index is 2.13. The van der Waals surface area contributed by atoms with Crippen LogP contribution in [0.4, 0.5) is 0 Å². The molecular formula is C15H27BrO3. The van der Waals surface area contributed by atoms with Crippen molar-refractivity contribution >= 4 is 21.9 Å². The van der Waals surface area contributed by atoms with Gasteiger partial charge in [-0.25, -0.2) is 0 Å². The lowest BCUT2D eigenvalue weighted by Gasteiger charge is -2.27. The number of carboxylic acids is 1. The minimum Gasteiger partial charge on any atom is -0.481 e. The van der Waals surface area contributed by atoms with E-state index in [2.05, 4.69) is 15.9 Å². The number of carboxylic acid groups (broad SMARTS) is 1. The summed E-state index contributed by atoms with van der Waals surface area (Å²) in [5, 5.41) is 10.4. The number of halogens is 1. The lowest BCUT2D eigenvalue weighted by Crippen LogP contribution is -2.33. The topological polar surface area (TPSA) is 46.5 Å². The number of alkyl halides is 1. The summed E-state index contributed by atoms with van der Waals surface area (Å²) in [7, 11) is 0. The summed E-state index contributed by atoms with van der Waals surface area (Å²) in [6.45, 7) is 0.737. The molecule has 0 radical (unpaired) electrons. The second kappa shape index (κ2) is 10.7. The zero-order chi connectivity index (χ0) is 13.9. The van der Waals surface area contributed by atoms with E-state index in [4.69, 9.17) is 4.74 Å². The number of hydrogen-bond donors (Lipinski definition) is 1. The summed E-state index contributed by atoms with van der Waals surface area (Å²) < 4.78 is 5.63. The van der Waals surface area contributed by atoms with E-state index >= 15 is 0 Å². The summed E-state index contributed by atoms with van der Waals surface area (Å²) in [6.07, 6.45) is 11.0. The summed E-state index contributed by atoms with van der Waals surface area (Å²) in [4.78, 5) is 11.3. The van der Waals surface area contributed by atoms with Crippen LogP contribution in [-0.2, 0) is 9.53 Å². The molecule has 4 heteroatoms. The van der Waals surface area contributed by atoms with Crippen molar-refractivity contribution in [2.75, 3.05) is 11.9 Å². The summed E-state index contributed by atoms with van der Waals surface area (Å²) in [5.74, 6) is -0.964. The first-order valence-corrected chi connectivity index (χ1v) is 8.78. The molecule has 1 aliphatic heterocycles. The Morgan fingerprint density at radius 2 is 1.84 bits per heavy atom. The van der Waals surface area contributed by atoms with E-state index in [1.54, 1.807) is 0 Å². The number of aliphatic carboxylic acids is 1. The SMILES string of the molecule is O=C(O)C(CCCCCCCCBr)C1CCCCO1. The third kappa shape index (κ3) is 7.31. The van der Waals surface area contributed by atoms with Gasteiger partial charge >= 0.3 is 5.97 Å². The van der Waals surface area contributed by atoms with E-state index in [1.165, 1.54) is 25.7 Å². The van der Waals surface area contributed by atoms with Gasteiger partial charge in [-0.05, 0) is 32.1 Å². The van der Waals surface area contributed by atoms with Gasteiger partial charge in [-0.3, -0.25) is 4.79 Å². The quantitative estimate of drug-likeness (QED) is 0.476. The van der Waals surface area contributed by atoms with Crippen molar-refractivity contribution in [1.29, 1.82) is 0 Å². The molecule has 1 saturated heterocycles.